The van der Waals surface area contributed by atoms with E-state index in [-0.39, 0.29) is 0 Å². The number of rotatable bonds is 2. The first kappa shape index (κ1) is 11.4. The van der Waals surface area contributed by atoms with Gasteiger partial charge in [0.25, 0.3) is 0 Å². The average molecular weight is 265 g/mol. The summed E-state index contributed by atoms with van der Waals surface area (Å²) in [5, 5.41) is 1.12. The molecule has 2 aromatic heterocycles. The molecular formula is C15H15N5. The quantitative estimate of drug-likeness (QED) is 0.774. The second kappa shape index (κ2) is 4.59. The zero-order valence-electron chi connectivity index (χ0n) is 11.1. The van der Waals surface area contributed by atoms with Gasteiger partial charge in [-0.3, -0.25) is 0 Å². The predicted octanol–water partition coefficient (Wildman–Crippen LogP) is 2.62. The van der Waals surface area contributed by atoms with Crippen LogP contribution in [0, 0.1) is 0 Å². The fraction of sp³-hybridized carbons (Fsp3) is 0.267. The summed E-state index contributed by atoms with van der Waals surface area (Å²) in [5.74, 6) is 1.75. The number of nitrogens with zero attached hydrogens (tertiary/aromatic N) is 4. The van der Waals surface area contributed by atoms with Crippen LogP contribution in [0.4, 0.5) is 5.82 Å². The maximum absolute atomic E-state index is 4.77. The Hall–Kier alpha value is -2.43. The summed E-state index contributed by atoms with van der Waals surface area (Å²) in [5.41, 5.74) is 1.84. The standard InChI is InChI=1S/C15H15N5/c1-2-6-12-11(5-1)15(20-7-3-4-8-20)19-14(18-12)13-9-16-10-17-13/h1-2,5-6,9-10H,3-4,7-8H2,(H,16,17). The highest BCUT2D eigenvalue weighted by Crippen LogP contribution is 2.28. The molecular weight excluding hydrogens is 250 g/mol. The normalized spacial score (nSPS) is 15.1. The lowest BCUT2D eigenvalue weighted by Gasteiger charge is -2.19. The van der Waals surface area contributed by atoms with Crippen LogP contribution in [-0.2, 0) is 0 Å². The lowest BCUT2D eigenvalue weighted by atomic mass is 10.2. The first-order chi connectivity index (χ1) is 9.92. The van der Waals surface area contributed by atoms with Crippen molar-refractivity contribution in [2.75, 3.05) is 18.0 Å². The van der Waals surface area contributed by atoms with Crippen LogP contribution in [0.3, 0.4) is 0 Å². The van der Waals surface area contributed by atoms with Gasteiger partial charge >= 0.3 is 0 Å². The summed E-state index contributed by atoms with van der Waals surface area (Å²) in [4.78, 5) is 18.9. The Kier molecular flexibility index (Phi) is 2.62. The third-order valence-electron chi connectivity index (χ3n) is 3.73. The lowest BCUT2D eigenvalue weighted by Crippen LogP contribution is -2.19. The van der Waals surface area contributed by atoms with E-state index in [9.17, 15) is 0 Å². The zero-order valence-corrected chi connectivity index (χ0v) is 11.1. The molecule has 100 valence electrons. The van der Waals surface area contributed by atoms with Gasteiger partial charge in [0.1, 0.15) is 11.5 Å². The van der Waals surface area contributed by atoms with Gasteiger partial charge in [0.2, 0.25) is 0 Å². The zero-order chi connectivity index (χ0) is 13.4. The van der Waals surface area contributed by atoms with Crippen LogP contribution in [-0.4, -0.2) is 33.0 Å². The number of hydrogen-bond donors (Lipinski definition) is 1. The third-order valence-corrected chi connectivity index (χ3v) is 3.73. The molecule has 3 heterocycles. The van der Waals surface area contributed by atoms with Gasteiger partial charge in [0.05, 0.1) is 18.0 Å². The minimum absolute atomic E-state index is 0.711. The third kappa shape index (κ3) is 1.82. The summed E-state index contributed by atoms with van der Waals surface area (Å²) in [7, 11) is 0. The maximum atomic E-state index is 4.77. The molecule has 0 saturated carbocycles. The highest BCUT2D eigenvalue weighted by atomic mass is 15.2. The molecule has 1 fully saturated rings. The molecule has 1 N–H and O–H groups in total. The van der Waals surface area contributed by atoms with E-state index in [0.29, 0.717) is 5.82 Å². The van der Waals surface area contributed by atoms with Crippen molar-refractivity contribution >= 4 is 16.7 Å². The topological polar surface area (TPSA) is 57.7 Å². The van der Waals surface area contributed by atoms with Crippen molar-refractivity contribution in [1.29, 1.82) is 0 Å². The van der Waals surface area contributed by atoms with E-state index in [2.05, 4.69) is 25.9 Å². The van der Waals surface area contributed by atoms with Crippen LogP contribution in [0.5, 0.6) is 0 Å². The molecule has 4 rings (SSSR count). The lowest BCUT2D eigenvalue weighted by molar-refractivity contribution is 0.940. The summed E-state index contributed by atoms with van der Waals surface area (Å²) in [6.45, 7) is 2.15. The molecule has 0 bridgehead atoms. The van der Waals surface area contributed by atoms with Crippen molar-refractivity contribution in [3.05, 3.63) is 36.8 Å². The molecule has 0 radical (unpaired) electrons. The van der Waals surface area contributed by atoms with Crippen molar-refractivity contribution in [2.24, 2.45) is 0 Å². The molecule has 1 aromatic carbocycles. The first-order valence-corrected chi connectivity index (χ1v) is 6.92. The fourth-order valence-corrected chi connectivity index (χ4v) is 2.73. The van der Waals surface area contributed by atoms with E-state index in [1.54, 1.807) is 12.5 Å². The number of anilines is 1. The van der Waals surface area contributed by atoms with Crippen molar-refractivity contribution in [1.82, 2.24) is 19.9 Å². The summed E-state index contributed by atoms with van der Waals surface area (Å²) >= 11 is 0. The fourth-order valence-electron chi connectivity index (χ4n) is 2.73. The van der Waals surface area contributed by atoms with Gasteiger partial charge < -0.3 is 9.88 Å². The summed E-state index contributed by atoms with van der Waals surface area (Å²) in [6, 6.07) is 8.19. The van der Waals surface area contributed by atoms with Crippen LogP contribution < -0.4 is 4.90 Å². The van der Waals surface area contributed by atoms with Crippen LogP contribution in [0.25, 0.3) is 22.4 Å². The van der Waals surface area contributed by atoms with Gasteiger partial charge in [-0.1, -0.05) is 12.1 Å². The molecule has 1 aliphatic rings. The smallest absolute Gasteiger partial charge is 0.180 e. The minimum atomic E-state index is 0.711. The highest BCUT2D eigenvalue weighted by molar-refractivity contribution is 5.90. The number of fused-ring (bicyclic) bond motifs is 1. The number of benzene rings is 1. The minimum Gasteiger partial charge on any atom is -0.356 e. The highest BCUT2D eigenvalue weighted by Gasteiger charge is 2.18. The molecule has 20 heavy (non-hydrogen) atoms. The van der Waals surface area contributed by atoms with Crippen LogP contribution in [0.15, 0.2) is 36.8 Å². The van der Waals surface area contributed by atoms with Gasteiger partial charge in [-0.2, -0.15) is 0 Å². The molecule has 1 aliphatic heterocycles. The largest absolute Gasteiger partial charge is 0.356 e. The molecule has 0 atom stereocenters. The van der Waals surface area contributed by atoms with Gasteiger partial charge in [0, 0.05) is 18.5 Å². The van der Waals surface area contributed by atoms with Crippen LogP contribution in [0.2, 0.25) is 0 Å². The number of nitrogens with one attached hydrogen (secondary N) is 1. The number of hydrogen-bond acceptors (Lipinski definition) is 4. The number of aromatic nitrogens is 4. The van der Waals surface area contributed by atoms with Crippen LogP contribution >= 0.6 is 0 Å². The molecule has 0 aliphatic carbocycles. The second-order valence-electron chi connectivity index (χ2n) is 5.05. The Labute approximate surface area is 116 Å². The van der Waals surface area contributed by atoms with E-state index in [4.69, 9.17) is 4.98 Å². The van der Waals surface area contributed by atoms with Crippen molar-refractivity contribution in [3.8, 4) is 11.5 Å². The SMILES string of the molecule is c1ccc2c(N3CCCC3)nc(-c3cnc[nH]3)nc2c1. The Morgan fingerprint density at radius 1 is 1.05 bits per heavy atom. The van der Waals surface area contributed by atoms with Gasteiger partial charge in [0.15, 0.2) is 5.82 Å². The monoisotopic (exact) mass is 265 g/mol. The Morgan fingerprint density at radius 2 is 1.90 bits per heavy atom. The van der Waals surface area contributed by atoms with E-state index in [0.717, 1.165) is 35.5 Å². The Bertz CT molecular complexity index is 729. The molecule has 0 unspecified atom stereocenters. The van der Waals surface area contributed by atoms with E-state index in [1.165, 1.54) is 12.8 Å². The summed E-state index contributed by atoms with van der Waals surface area (Å²) < 4.78 is 0. The van der Waals surface area contributed by atoms with Gasteiger partial charge in [-0.05, 0) is 25.0 Å². The predicted molar refractivity (Wildman–Crippen MR) is 78.6 cm³/mol. The van der Waals surface area contributed by atoms with Crippen molar-refractivity contribution in [3.63, 3.8) is 0 Å². The van der Waals surface area contributed by atoms with E-state index in [1.807, 2.05) is 18.2 Å². The van der Waals surface area contributed by atoms with Gasteiger partial charge in [-0.25, -0.2) is 15.0 Å². The number of para-hydroxylation sites is 1. The van der Waals surface area contributed by atoms with Crippen LogP contribution in [0.1, 0.15) is 12.8 Å². The number of imidazole rings is 1. The molecule has 3 aromatic rings. The van der Waals surface area contributed by atoms with E-state index < -0.39 is 0 Å². The first-order valence-electron chi connectivity index (χ1n) is 6.92. The number of aromatic amines is 1. The number of H-pyrrole nitrogens is 1. The molecule has 5 nitrogen and oxygen atoms in total. The van der Waals surface area contributed by atoms with E-state index >= 15 is 0 Å². The molecule has 1 saturated heterocycles. The Morgan fingerprint density at radius 3 is 2.70 bits per heavy atom. The maximum Gasteiger partial charge on any atom is 0.180 e. The molecule has 5 heteroatoms. The summed E-state index contributed by atoms with van der Waals surface area (Å²) in [6.07, 6.45) is 5.89. The molecule has 0 spiro atoms. The molecule has 0 amide bonds. The van der Waals surface area contributed by atoms with Crippen molar-refractivity contribution < 1.29 is 0 Å². The van der Waals surface area contributed by atoms with Gasteiger partial charge in [-0.15, -0.1) is 0 Å². The average Bonchev–Trinajstić information content (AvgIpc) is 3.19. The second-order valence-corrected chi connectivity index (χ2v) is 5.05. The van der Waals surface area contributed by atoms with Crippen molar-refractivity contribution in [2.45, 2.75) is 12.8 Å². The Balaban J connectivity index is 1.94.